The lowest BCUT2D eigenvalue weighted by atomic mass is 10.1. The number of fused-ring (bicyclic) bond motifs is 1. The van der Waals surface area contributed by atoms with Gasteiger partial charge in [-0.2, -0.15) is 0 Å². The Morgan fingerprint density at radius 3 is 2.69 bits per heavy atom. The van der Waals surface area contributed by atoms with Gasteiger partial charge in [0.15, 0.2) is 0 Å². The van der Waals surface area contributed by atoms with E-state index in [0.717, 1.165) is 31.4 Å². The molecule has 2 atom stereocenters. The molecular formula is C25H37N5O2. The minimum Gasteiger partial charge on any atom is -0.454 e. The molecule has 0 saturated carbocycles. The average molecular weight is 440 g/mol. The van der Waals surface area contributed by atoms with E-state index in [1.165, 1.54) is 28.2 Å². The zero-order chi connectivity index (χ0) is 23.1. The Morgan fingerprint density at radius 1 is 1.31 bits per heavy atom. The molecule has 0 fully saturated rings. The van der Waals surface area contributed by atoms with E-state index in [9.17, 15) is 0 Å². The Balaban J connectivity index is 0.000000360. The Morgan fingerprint density at radius 2 is 2.06 bits per heavy atom. The van der Waals surface area contributed by atoms with Gasteiger partial charge in [0.25, 0.3) is 6.35 Å². The normalized spacial score (nSPS) is 18.2. The van der Waals surface area contributed by atoms with E-state index in [0.29, 0.717) is 13.1 Å². The van der Waals surface area contributed by atoms with Crippen molar-refractivity contribution in [3.63, 3.8) is 0 Å². The van der Waals surface area contributed by atoms with E-state index in [2.05, 4.69) is 77.1 Å². The number of aliphatic hydroxyl groups is 1. The zero-order valence-corrected chi connectivity index (χ0v) is 19.7. The number of hydrogen-bond donors (Lipinski definition) is 3. The molecule has 0 spiro atoms. The smallest absolute Gasteiger partial charge is 0.257 e. The molecule has 7 heteroatoms. The number of nitrogens with one attached hydrogen (secondary N) is 1. The van der Waals surface area contributed by atoms with Crippen molar-refractivity contribution < 1.29 is 9.84 Å². The van der Waals surface area contributed by atoms with Gasteiger partial charge in [-0.05, 0) is 39.2 Å². The highest BCUT2D eigenvalue weighted by Crippen LogP contribution is 2.40. The van der Waals surface area contributed by atoms with Gasteiger partial charge in [-0.3, -0.25) is 9.88 Å². The predicted octanol–water partition coefficient (Wildman–Crippen LogP) is 3.61. The van der Waals surface area contributed by atoms with Crippen LogP contribution in [0.1, 0.15) is 62.0 Å². The molecule has 0 saturated heterocycles. The third kappa shape index (κ3) is 5.59. The Hall–Kier alpha value is -2.61. The van der Waals surface area contributed by atoms with Crippen LogP contribution in [0.5, 0.6) is 0 Å². The van der Waals surface area contributed by atoms with Gasteiger partial charge in [0.2, 0.25) is 0 Å². The molecule has 1 aliphatic heterocycles. The molecule has 2 aliphatic rings. The van der Waals surface area contributed by atoms with Gasteiger partial charge < -0.3 is 20.5 Å². The van der Waals surface area contributed by atoms with Crippen molar-refractivity contribution in [3.05, 3.63) is 64.9 Å². The predicted molar refractivity (Wildman–Crippen MR) is 129 cm³/mol. The first-order valence-electron chi connectivity index (χ1n) is 11.5. The summed E-state index contributed by atoms with van der Waals surface area (Å²) in [7, 11) is 2.11. The van der Waals surface area contributed by atoms with Crippen LogP contribution in [0, 0.1) is 6.92 Å². The molecule has 0 radical (unpaired) electrons. The number of nitrogens with two attached hydrogens (primary N) is 1. The number of allylic oxidation sites excluding steroid dienone is 2. The summed E-state index contributed by atoms with van der Waals surface area (Å²) in [5.74, 6) is 1.07. The van der Waals surface area contributed by atoms with Gasteiger partial charge in [-0.15, -0.1) is 0 Å². The SMILES string of the molecule is CC(O)NCCN.CCCC1=C(c2ccc(C)cc2)N(C)C(n2cnc3c2C=CCC3)O1. The van der Waals surface area contributed by atoms with E-state index in [-0.39, 0.29) is 6.35 Å². The summed E-state index contributed by atoms with van der Waals surface area (Å²) < 4.78 is 8.57. The molecule has 4 N–H and O–H groups in total. The van der Waals surface area contributed by atoms with E-state index in [1.54, 1.807) is 6.92 Å². The van der Waals surface area contributed by atoms with Gasteiger partial charge in [0, 0.05) is 32.1 Å². The van der Waals surface area contributed by atoms with Crippen LogP contribution in [0.4, 0.5) is 0 Å². The van der Waals surface area contributed by atoms with Crippen LogP contribution >= 0.6 is 0 Å². The maximum atomic E-state index is 8.52. The number of hydrogen-bond acceptors (Lipinski definition) is 6. The first-order valence-corrected chi connectivity index (χ1v) is 11.5. The number of ether oxygens (including phenoxy) is 1. The van der Waals surface area contributed by atoms with Crippen molar-refractivity contribution in [1.82, 2.24) is 19.8 Å². The van der Waals surface area contributed by atoms with Crippen LogP contribution in [0.15, 0.2) is 42.4 Å². The number of aliphatic hydroxyl groups excluding tert-OH is 1. The van der Waals surface area contributed by atoms with Crippen LogP contribution in [-0.4, -0.2) is 45.9 Å². The summed E-state index contributed by atoms with van der Waals surface area (Å²) in [4.78, 5) is 6.84. The van der Waals surface area contributed by atoms with E-state index in [4.69, 9.17) is 15.6 Å². The zero-order valence-electron chi connectivity index (χ0n) is 19.7. The number of benzene rings is 1. The van der Waals surface area contributed by atoms with Crippen LogP contribution in [0.2, 0.25) is 0 Å². The average Bonchev–Trinajstić information content (AvgIpc) is 3.34. The van der Waals surface area contributed by atoms with Crippen molar-refractivity contribution in [1.29, 1.82) is 0 Å². The molecular weight excluding hydrogens is 402 g/mol. The number of aryl methyl sites for hydroxylation is 2. The second kappa shape index (κ2) is 11.3. The van der Waals surface area contributed by atoms with Crippen LogP contribution in [0.25, 0.3) is 11.8 Å². The third-order valence-electron chi connectivity index (χ3n) is 5.56. The maximum Gasteiger partial charge on any atom is 0.257 e. The number of rotatable bonds is 7. The fourth-order valence-electron chi connectivity index (χ4n) is 3.96. The Kier molecular flexibility index (Phi) is 8.50. The van der Waals surface area contributed by atoms with Crippen molar-refractivity contribution in [3.8, 4) is 0 Å². The fraction of sp³-hybridized carbons (Fsp3) is 0.480. The maximum absolute atomic E-state index is 8.52. The molecule has 174 valence electrons. The molecule has 1 aliphatic carbocycles. The standard InChI is InChI=1S/C21H25N3O.C4H12N2O/c1-4-7-19-20(16-12-10-15(2)11-13-16)23(3)21(25-19)24-14-22-17-8-5-6-9-18(17)24;1-4(7)6-3-2-5/h6,9-14,21H,4-5,7-8H2,1-3H3;4,6-7H,2-3,5H2,1H3. The fourth-order valence-corrected chi connectivity index (χ4v) is 3.96. The molecule has 2 unspecified atom stereocenters. The first-order chi connectivity index (χ1) is 15.5. The molecule has 7 nitrogen and oxygen atoms in total. The topological polar surface area (TPSA) is 88.6 Å². The highest BCUT2D eigenvalue weighted by atomic mass is 16.5. The highest BCUT2D eigenvalue weighted by molar-refractivity contribution is 5.67. The van der Waals surface area contributed by atoms with E-state index in [1.807, 2.05) is 6.33 Å². The summed E-state index contributed by atoms with van der Waals surface area (Å²) in [6.45, 7) is 7.23. The lowest BCUT2D eigenvalue weighted by Crippen LogP contribution is -2.30. The van der Waals surface area contributed by atoms with Crippen molar-refractivity contribution in [2.45, 2.75) is 59.0 Å². The van der Waals surface area contributed by atoms with Gasteiger partial charge in [0.05, 0.1) is 23.4 Å². The van der Waals surface area contributed by atoms with Crippen molar-refractivity contribution >= 4 is 11.8 Å². The molecule has 2 aromatic rings. The van der Waals surface area contributed by atoms with Crippen molar-refractivity contribution in [2.24, 2.45) is 5.73 Å². The van der Waals surface area contributed by atoms with Crippen LogP contribution < -0.4 is 11.1 Å². The molecule has 0 bridgehead atoms. The number of nitrogens with zero attached hydrogens (tertiary/aromatic N) is 3. The molecule has 1 aromatic heterocycles. The molecule has 32 heavy (non-hydrogen) atoms. The van der Waals surface area contributed by atoms with Crippen LogP contribution in [0.3, 0.4) is 0 Å². The summed E-state index contributed by atoms with van der Waals surface area (Å²) in [6.07, 6.45) is 9.80. The molecule has 0 amide bonds. The largest absolute Gasteiger partial charge is 0.454 e. The monoisotopic (exact) mass is 439 g/mol. The second-order valence-electron chi connectivity index (χ2n) is 8.29. The summed E-state index contributed by atoms with van der Waals surface area (Å²) >= 11 is 0. The third-order valence-corrected chi connectivity index (χ3v) is 5.56. The molecule has 4 rings (SSSR count). The van der Waals surface area contributed by atoms with Gasteiger partial charge in [-0.1, -0.05) is 42.8 Å². The Bertz CT molecular complexity index is 930. The second-order valence-corrected chi connectivity index (χ2v) is 8.29. The van der Waals surface area contributed by atoms with Crippen LogP contribution in [-0.2, 0) is 11.2 Å². The minimum absolute atomic E-state index is 0.170. The molecule has 2 heterocycles. The summed E-state index contributed by atoms with van der Waals surface area (Å²) in [5, 5.41) is 11.2. The van der Waals surface area contributed by atoms with Crippen molar-refractivity contribution in [2.75, 3.05) is 20.1 Å². The van der Waals surface area contributed by atoms with E-state index >= 15 is 0 Å². The van der Waals surface area contributed by atoms with Gasteiger partial charge in [0.1, 0.15) is 12.0 Å². The number of imidazole rings is 1. The van der Waals surface area contributed by atoms with Gasteiger partial charge >= 0.3 is 0 Å². The Labute approximate surface area is 191 Å². The summed E-state index contributed by atoms with van der Waals surface area (Å²) in [6, 6.07) is 8.70. The lowest BCUT2D eigenvalue weighted by molar-refractivity contribution is -0.00675. The van der Waals surface area contributed by atoms with E-state index < -0.39 is 6.23 Å². The molecule has 1 aromatic carbocycles. The lowest BCUT2D eigenvalue weighted by Gasteiger charge is -2.25. The first kappa shape index (κ1) is 24.0. The quantitative estimate of drug-likeness (QED) is 0.571. The summed E-state index contributed by atoms with van der Waals surface area (Å²) in [5.41, 5.74) is 11.1. The van der Waals surface area contributed by atoms with Gasteiger partial charge in [-0.25, -0.2) is 4.98 Å². The minimum atomic E-state index is -0.427. The number of aromatic nitrogens is 2. The highest BCUT2D eigenvalue weighted by Gasteiger charge is 2.34.